The number of amides is 1. The van der Waals surface area contributed by atoms with Crippen molar-refractivity contribution in [3.8, 4) is 0 Å². The molecule has 1 N–H and O–H groups in total. The Labute approximate surface area is 144 Å². The molecule has 1 saturated heterocycles. The van der Waals surface area contributed by atoms with Gasteiger partial charge in [0.1, 0.15) is 4.88 Å². The second kappa shape index (κ2) is 7.38. The number of halogens is 1. The zero-order valence-corrected chi connectivity index (χ0v) is 14.5. The number of likely N-dealkylation sites (tertiary alicyclic amines) is 1. The van der Waals surface area contributed by atoms with E-state index in [1.54, 1.807) is 6.92 Å². The molecule has 5 nitrogen and oxygen atoms in total. The third-order valence-electron chi connectivity index (χ3n) is 4.16. The first kappa shape index (κ1) is 16.4. The fourth-order valence-electron chi connectivity index (χ4n) is 2.94. The normalized spacial score (nSPS) is 16.4. The van der Waals surface area contributed by atoms with Gasteiger partial charge in [-0.05, 0) is 56.0 Å². The smallest absolute Gasteiger partial charge is 0.265 e. The summed E-state index contributed by atoms with van der Waals surface area (Å²) in [5, 5.41) is 7.66. The second-order valence-electron chi connectivity index (χ2n) is 5.68. The molecule has 1 atom stereocenters. The maximum absolute atomic E-state index is 12.3. The first-order valence-corrected chi connectivity index (χ1v) is 8.87. The molecule has 7 heteroatoms. The van der Waals surface area contributed by atoms with Gasteiger partial charge in [0, 0.05) is 11.6 Å². The first-order valence-electron chi connectivity index (χ1n) is 7.72. The molecule has 1 aliphatic rings. The number of benzene rings is 1. The van der Waals surface area contributed by atoms with Crippen molar-refractivity contribution in [2.75, 3.05) is 19.6 Å². The highest BCUT2D eigenvalue weighted by Gasteiger charge is 2.26. The summed E-state index contributed by atoms with van der Waals surface area (Å²) in [6.07, 6.45) is 2.37. The summed E-state index contributed by atoms with van der Waals surface area (Å²) in [6, 6.07) is 7.95. The number of nitrogens with zero attached hydrogens (tertiary/aromatic N) is 3. The van der Waals surface area contributed by atoms with E-state index in [4.69, 9.17) is 11.6 Å². The lowest BCUT2D eigenvalue weighted by Gasteiger charge is -2.28. The van der Waals surface area contributed by atoms with E-state index in [1.165, 1.54) is 12.8 Å². The summed E-state index contributed by atoms with van der Waals surface area (Å²) in [7, 11) is 0. The van der Waals surface area contributed by atoms with Gasteiger partial charge in [-0.3, -0.25) is 9.69 Å². The minimum atomic E-state index is -0.117. The highest BCUT2D eigenvalue weighted by molar-refractivity contribution is 7.07. The van der Waals surface area contributed by atoms with Crippen LogP contribution in [0.25, 0.3) is 0 Å². The minimum absolute atomic E-state index is 0.0938. The van der Waals surface area contributed by atoms with Gasteiger partial charge in [0.05, 0.1) is 11.7 Å². The maximum Gasteiger partial charge on any atom is 0.265 e. The fraction of sp³-hybridized carbons (Fsp3) is 0.438. The summed E-state index contributed by atoms with van der Waals surface area (Å²) in [6.45, 7) is 4.39. The Kier molecular flexibility index (Phi) is 5.25. The first-order chi connectivity index (χ1) is 11.2. The third-order valence-corrected chi connectivity index (χ3v) is 5.33. The molecule has 1 fully saturated rings. The number of nitrogens with one attached hydrogen (secondary N) is 1. The van der Waals surface area contributed by atoms with E-state index in [1.807, 2.05) is 24.3 Å². The van der Waals surface area contributed by atoms with E-state index < -0.39 is 0 Å². The van der Waals surface area contributed by atoms with Crippen molar-refractivity contribution in [2.45, 2.75) is 25.8 Å². The average Bonchev–Trinajstić information content (AvgIpc) is 3.20. The molecule has 0 radical (unpaired) electrons. The quantitative estimate of drug-likeness (QED) is 0.900. The molecule has 1 unspecified atom stereocenters. The van der Waals surface area contributed by atoms with Gasteiger partial charge in [-0.15, -0.1) is 5.10 Å². The number of carbonyl (C=O) groups is 1. The van der Waals surface area contributed by atoms with E-state index in [0.29, 0.717) is 17.1 Å². The predicted octanol–water partition coefficient (Wildman–Crippen LogP) is 3.07. The van der Waals surface area contributed by atoms with Crippen LogP contribution in [-0.4, -0.2) is 40.0 Å². The molecule has 23 heavy (non-hydrogen) atoms. The predicted molar refractivity (Wildman–Crippen MR) is 92.0 cm³/mol. The standard InChI is InChI=1S/C16H19ClN4OS/c1-11-15(23-20-19-11)16(22)18-10-14(21-8-4-5-9-21)12-6-2-3-7-13(12)17/h2-3,6-7,14H,4-5,8-10H2,1H3,(H,18,22). The van der Waals surface area contributed by atoms with Crippen LogP contribution in [0.15, 0.2) is 24.3 Å². The van der Waals surface area contributed by atoms with Gasteiger partial charge in [0.25, 0.3) is 5.91 Å². The Balaban J connectivity index is 1.75. The van der Waals surface area contributed by atoms with Gasteiger partial charge in [0.2, 0.25) is 0 Å². The van der Waals surface area contributed by atoms with Crippen molar-refractivity contribution in [3.63, 3.8) is 0 Å². The number of carbonyl (C=O) groups excluding carboxylic acids is 1. The highest BCUT2D eigenvalue weighted by Crippen LogP contribution is 2.29. The van der Waals surface area contributed by atoms with Crippen LogP contribution in [0.1, 0.15) is 39.8 Å². The van der Waals surface area contributed by atoms with Gasteiger partial charge in [-0.25, -0.2) is 0 Å². The molecule has 1 aliphatic heterocycles. The number of hydrogen-bond acceptors (Lipinski definition) is 5. The monoisotopic (exact) mass is 350 g/mol. The van der Waals surface area contributed by atoms with Crippen LogP contribution >= 0.6 is 23.1 Å². The topological polar surface area (TPSA) is 58.1 Å². The van der Waals surface area contributed by atoms with Crippen molar-refractivity contribution < 1.29 is 4.79 Å². The molecule has 1 amide bonds. The summed E-state index contributed by atoms with van der Waals surface area (Å²) in [4.78, 5) is 15.3. The van der Waals surface area contributed by atoms with Gasteiger partial charge in [0.15, 0.2) is 0 Å². The maximum atomic E-state index is 12.3. The van der Waals surface area contributed by atoms with Crippen molar-refractivity contribution in [3.05, 3.63) is 45.4 Å². The second-order valence-corrected chi connectivity index (χ2v) is 6.84. The van der Waals surface area contributed by atoms with Crippen molar-refractivity contribution >= 4 is 29.0 Å². The van der Waals surface area contributed by atoms with Crippen molar-refractivity contribution in [2.24, 2.45) is 0 Å². The molecule has 0 bridgehead atoms. The van der Waals surface area contributed by atoms with Crippen LogP contribution in [0.2, 0.25) is 5.02 Å². The molecule has 0 saturated carbocycles. The summed E-state index contributed by atoms with van der Waals surface area (Å²) in [5.41, 5.74) is 1.73. The van der Waals surface area contributed by atoms with E-state index >= 15 is 0 Å². The van der Waals surface area contributed by atoms with Crippen LogP contribution in [0.3, 0.4) is 0 Å². The Hall–Kier alpha value is -1.50. The lowest BCUT2D eigenvalue weighted by Crippen LogP contribution is -2.36. The van der Waals surface area contributed by atoms with Gasteiger partial charge < -0.3 is 5.32 Å². The van der Waals surface area contributed by atoms with Crippen molar-refractivity contribution in [1.82, 2.24) is 19.8 Å². The van der Waals surface area contributed by atoms with Gasteiger partial charge in [-0.2, -0.15) is 0 Å². The molecule has 2 aromatic rings. The van der Waals surface area contributed by atoms with Crippen molar-refractivity contribution in [1.29, 1.82) is 0 Å². The third kappa shape index (κ3) is 3.71. The van der Waals surface area contributed by atoms with E-state index in [0.717, 1.165) is 35.2 Å². The van der Waals surface area contributed by atoms with Crippen LogP contribution in [0.5, 0.6) is 0 Å². The SMILES string of the molecule is Cc1nnsc1C(=O)NCC(c1ccccc1Cl)N1CCCC1. The zero-order valence-electron chi connectivity index (χ0n) is 13.0. The molecular formula is C16H19ClN4OS. The molecular weight excluding hydrogens is 332 g/mol. The Morgan fingerprint density at radius 1 is 1.39 bits per heavy atom. The number of hydrogen-bond donors (Lipinski definition) is 1. The van der Waals surface area contributed by atoms with Crippen LogP contribution in [0, 0.1) is 6.92 Å². The molecule has 122 valence electrons. The largest absolute Gasteiger partial charge is 0.349 e. The molecule has 2 heterocycles. The van der Waals surface area contributed by atoms with E-state index in [2.05, 4.69) is 19.8 Å². The summed E-state index contributed by atoms with van der Waals surface area (Å²) in [5.74, 6) is -0.117. The fourth-order valence-corrected chi connectivity index (χ4v) is 3.78. The number of rotatable bonds is 5. The van der Waals surface area contributed by atoms with Gasteiger partial charge in [-0.1, -0.05) is 34.3 Å². The van der Waals surface area contributed by atoms with E-state index in [9.17, 15) is 4.79 Å². The average molecular weight is 351 g/mol. The summed E-state index contributed by atoms with van der Waals surface area (Å²) >= 11 is 7.51. The Bertz CT molecular complexity index is 684. The van der Waals surface area contributed by atoms with Gasteiger partial charge >= 0.3 is 0 Å². The van der Waals surface area contributed by atoms with Crippen LogP contribution < -0.4 is 5.32 Å². The van der Waals surface area contributed by atoms with Crippen LogP contribution in [-0.2, 0) is 0 Å². The van der Waals surface area contributed by atoms with Crippen LogP contribution in [0.4, 0.5) is 0 Å². The Morgan fingerprint density at radius 2 is 2.13 bits per heavy atom. The number of aromatic nitrogens is 2. The number of aryl methyl sites for hydroxylation is 1. The highest BCUT2D eigenvalue weighted by atomic mass is 35.5. The Morgan fingerprint density at radius 3 is 2.78 bits per heavy atom. The minimum Gasteiger partial charge on any atom is -0.349 e. The molecule has 1 aromatic carbocycles. The molecule has 0 aliphatic carbocycles. The lowest BCUT2D eigenvalue weighted by atomic mass is 10.1. The molecule has 1 aromatic heterocycles. The summed E-state index contributed by atoms with van der Waals surface area (Å²) < 4.78 is 3.82. The van der Waals surface area contributed by atoms with E-state index in [-0.39, 0.29) is 11.9 Å². The molecule has 0 spiro atoms. The molecule has 3 rings (SSSR count). The lowest BCUT2D eigenvalue weighted by molar-refractivity contribution is 0.0941. The zero-order chi connectivity index (χ0) is 16.2.